The minimum absolute atomic E-state index is 0. The van der Waals surface area contributed by atoms with Crippen LogP contribution in [-0.4, -0.2) is 82.0 Å². The van der Waals surface area contributed by atoms with Gasteiger partial charge < -0.3 is 24.1 Å². The van der Waals surface area contributed by atoms with Gasteiger partial charge in [-0.2, -0.15) is 0 Å². The molecule has 2 aliphatic rings. The van der Waals surface area contributed by atoms with Crippen molar-refractivity contribution < 1.29 is 13.9 Å². The standard InChI is InChI=1S/C20H34N4O3.HI/c1-4-21-20(24-8-7-17(14-24)15-25-3)22-13-18(19-6-5-16(2)27-19)23-9-11-26-12-10-23;/h5-6,17-18H,4,7-15H2,1-3H3,(H,21,22);1H. The maximum Gasteiger partial charge on any atom is 0.193 e. The van der Waals surface area contributed by atoms with Crippen LogP contribution in [0.5, 0.6) is 0 Å². The van der Waals surface area contributed by atoms with Gasteiger partial charge in [-0.05, 0) is 32.4 Å². The number of ether oxygens (including phenoxy) is 2. The molecule has 3 rings (SSSR count). The van der Waals surface area contributed by atoms with Gasteiger partial charge in [0, 0.05) is 45.8 Å². The maximum atomic E-state index is 5.96. The van der Waals surface area contributed by atoms with E-state index in [1.807, 2.05) is 13.0 Å². The fourth-order valence-electron chi connectivity index (χ4n) is 3.90. The molecule has 0 aliphatic carbocycles. The van der Waals surface area contributed by atoms with Gasteiger partial charge in [0.25, 0.3) is 0 Å². The molecule has 1 aromatic rings. The van der Waals surface area contributed by atoms with Crippen molar-refractivity contribution in [2.75, 3.05) is 66.2 Å². The highest BCUT2D eigenvalue weighted by Gasteiger charge is 2.27. The van der Waals surface area contributed by atoms with Gasteiger partial charge in [-0.1, -0.05) is 0 Å². The first-order chi connectivity index (χ1) is 13.2. The second kappa shape index (κ2) is 12.0. The first-order valence-electron chi connectivity index (χ1n) is 10.1. The highest BCUT2D eigenvalue weighted by molar-refractivity contribution is 14.0. The lowest BCUT2D eigenvalue weighted by Gasteiger charge is -2.33. The number of morpholine rings is 1. The summed E-state index contributed by atoms with van der Waals surface area (Å²) in [6, 6.07) is 4.27. The molecule has 0 saturated carbocycles. The normalized spacial score (nSPS) is 22.2. The fraction of sp³-hybridized carbons (Fsp3) is 0.750. The summed E-state index contributed by atoms with van der Waals surface area (Å²) in [5, 5.41) is 3.46. The highest BCUT2D eigenvalue weighted by atomic mass is 127. The number of likely N-dealkylation sites (tertiary alicyclic amines) is 1. The van der Waals surface area contributed by atoms with Crippen LogP contribution in [0.4, 0.5) is 0 Å². The first kappa shape index (κ1) is 23.4. The molecule has 160 valence electrons. The highest BCUT2D eigenvalue weighted by Crippen LogP contribution is 2.25. The number of methoxy groups -OCH3 is 1. The third kappa shape index (κ3) is 6.33. The average Bonchev–Trinajstić information content (AvgIpc) is 3.32. The minimum Gasteiger partial charge on any atom is -0.465 e. The summed E-state index contributed by atoms with van der Waals surface area (Å²) < 4.78 is 16.8. The smallest absolute Gasteiger partial charge is 0.193 e. The van der Waals surface area contributed by atoms with Crippen LogP contribution in [0.1, 0.15) is 30.9 Å². The molecular weight excluding hydrogens is 471 g/mol. The lowest BCUT2D eigenvalue weighted by molar-refractivity contribution is 0.0135. The van der Waals surface area contributed by atoms with Crippen LogP contribution >= 0.6 is 24.0 Å². The number of guanidine groups is 1. The van der Waals surface area contributed by atoms with Gasteiger partial charge in [0.05, 0.1) is 32.4 Å². The number of furan rings is 1. The SMILES string of the molecule is CCNC(=NCC(c1ccc(C)o1)N1CCOCC1)N1CCC(COC)C1.I. The van der Waals surface area contributed by atoms with Crippen molar-refractivity contribution in [2.24, 2.45) is 10.9 Å². The molecule has 2 atom stereocenters. The van der Waals surface area contributed by atoms with Crippen molar-refractivity contribution in [3.05, 3.63) is 23.7 Å². The third-order valence-corrected chi connectivity index (χ3v) is 5.31. The number of halogens is 1. The van der Waals surface area contributed by atoms with Gasteiger partial charge >= 0.3 is 0 Å². The van der Waals surface area contributed by atoms with E-state index in [-0.39, 0.29) is 30.0 Å². The van der Waals surface area contributed by atoms with Crippen LogP contribution in [0.15, 0.2) is 21.5 Å². The van der Waals surface area contributed by atoms with E-state index < -0.39 is 0 Å². The Morgan fingerprint density at radius 2 is 2.11 bits per heavy atom. The Balaban J connectivity index is 0.00000280. The summed E-state index contributed by atoms with van der Waals surface area (Å²) in [6.07, 6.45) is 1.16. The molecule has 0 spiro atoms. The van der Waals surface area contributed by atoms with Crippen LogP contribution in [0.25, 0.3) is 0 Å². The molecular formula is C20H35IN4O3. The third-order valence-electron chi connectivity index (χ3n) is 5.31. The van der Waals surface area contributed by atoms with Crippen molar-refractivity contribution in [1.29, 1.82) is 0 Å². The van der Waals surface area contributed by atoms with E-state index in [2.05, 4.69) is 28.1 Å². The van der Waals surface area contributed by atoms with E-state index in [1.54, 1.807) is 7.11 Å². The van der Waals surface area contributed by atoms with Crippen LogP contribution < -0.4 is 5.32 Å². The molecule has 0 amide bonds. The lowest BCUT2D eigenvalue weighted by atomic mass is 10.1. The second-order valence-electron chi connectivity index (χ2n) is 7.36. The predicted octanol–water partition coefficient (Wildman–Crippen LogP) is 2.51. The summed E-state index contributed by atoms with van der Waals surface area (Å²) in [4.78, 5) is 9.78. The number of aliphatic imine (C=N–C) groups is 1. The Morgan fingerprint density at radius 3 is 2.75 bits per heavy atom. The van der Waals surface area contributed by atoms with Crippen molar-refractivity contribution >= 4 is 29.9 Å². The summed E-state index contributed by atoms with van der Waals surface area (Å²) in [6.45, 7) is 11.9. The van der Waals surface area contributed by atoms with E-state index >= 15 is 0 Å². The molecule has 2 aliphatic heterocycles. The van der Waals surface area contributed by atoms with E-state index in [4.69, 9.17) is 18.9 Å². The molecule has 2 saturated heterocycles. The quantitative estimate of drug-likeness (QED) is 0.349. The van der Waals surface area contributed by atoms with E-state index in [0.29, 0.717) is 12.5 Å². The molecule has 2 fully saturated rings. The van der Waals surface area contributed by atoms with Gasteiger partial charge in [0.1, 0.15) is 11.5 Å². The average molecular weight is 506 g/mol. The molecule has 8 heteroatoms. The molecule has 0 aromatic carbocycles. The van der Waals surface area contributed by atoms with Crippen LogP contribution in [0.3, 0.4) is 0 Å². The Kier molecular flexibility index (Phi) is 10.0. The second-order valence-corrected chi connectivity index (χ2v) is 7.36. The van der Waals surface area contributed by atoms with Crippen LogP contribution in [-0.2, 0) is 9.47 Å². The van der Waals surface area contributed by atoms with E-state index in [0.717, 1.165) is 76.4 Å². The first-order valence-corrected chi connectivity index (χ1v) is 10.1. The number of rotatable bonds is 7. The Morgan fingerprint density at radius 1 is 1.32 bits per heavy atom. The zero-order chi connectivity index (χ0) is 19.1. The Bertz CT molecular complexity index is 604. The van der Waals surface area contributed by atoms with Gasteiger partial charge in [0.15, 0.2) is 5.96 Å². The molecule has 0 radical (unpaired) electrons. The number of hydrogen-bond acceptors (Lipinski definition) is 5. The number of aryl methyl sites for hydroxylation is 1. The summed E-state index contributed by atoms with van der Waals surface area (Å²) in [5.74, 6) is 3.52. The number of nitrogens with zero attached hydrogens (tertiary/aromatic N) is 3. The zero-order valence-electron chi connectivity index (χ0n) is 17.4. The van der Waals surface area contributed by atoms with Crippen molar-refractivity contribution in [2.45, 2.75) is 26.3 Å². The molecule has 0 bridgehead atoms. The molecule has 28 heavy (non-hydrogen) atoms. The van der Waals surface area contributed by atoms with Gasteiger partial charge in [-0.25, -0.2) is 0 Å². The lowest BCUT2D eigenvalue weighted by Crippen LogP contribution is -2.42. The van der Waals surface area contributed by atoms with Crippen LogP contribution in [0, 0.1) is 12.8 Å². The van der Waals surface area contributed by atoms with Crippen molar-refractivity contribution in [1.82, 2.24) is 15.1 Å². The Labute approximate surface area is 185 Å². The maximum absolute atomic E-state index is 5.96. The zero-order valence-corrected chi connectivity index (χ0v) is 19.7. The fourth-order valence-corrected chi connectivity index (χ4v) is 3.90. The number of nitrogens with one attached hydrogen (secondary N) is 1. The number of hydrogen-bond donors (Lipinski definition) is 1. The summed E-state index contributed by atoms with van der Waals surface area (Å²) in [7, 11) is 1.78. The van der Waals surface area contributed by atoms with Gasteiger partial charge in [0.2, 0.25) is 0 Å². The molecule has 3 heterocycles. The van der Waals surface area contributed by atoms with E-state index in [1.165, 1.54) is 0 Å². The minimum atomic E-state index is 0. The Hall–Kier alpha value is -0.840. The molecule has 7 nitrogen and oxygen atoms in total. The van der Waals surface area contributed by atoms with Crippen molar-refractivity contribution in [3.8, 4) is 0 Å². The largest absolute Gasteiger partial charge is 0.465 e. The van der Waals surface area contributed by atoms with Gasteiger partial charge in [-0.15, -0.1) is 24.0 Å². The van der Waals surface area contributed by atoms with E-state index in [9.17, 15) is 0 Å². The van der Waals surface area contributed by atoms with Gasteiger partial charge in [-0.3, -0.25) is 9.89 Å². The summed E-state index contributed by atoms with van der Waals surface area (Å²) >= 11 is 0. The molecule has 2 unspecified atom stereocenters. The van der Waals surface area contributed by atoms with Crippen molar-refractivity contribution in [3.63, 3.8) is 0 Å². The molecule has 1 N–H and O–H groups in total. The predicted molar refractivity (Wildman–Crippen MR) is 122 cm³/mol. The topological polar surface area (TPSA) is 62.5 Å². The molecule has 1 aromatic heterocycles. The summed E-state index contributed by atoms with van der Waals surface area (Å²) in [5.41, 5.74) is 0. The monoisotopic (exact) mass is 506 g/mol. The van der Waals surface area contributed by atoms with Crippen LogP contribution in [0.2, 0.25) is 0 Å².